The predicted octanol–water partition coefficient (Wildman–Crippen LogP) is 2.37. The molecule has 1 N–H and O–H groups in total. The van der Waals surface area contributed by atoms with Gasteiger partial charge in [-0.15, -0.1) is 0 Å². The summed E-state index contributed by atoms with van der Waals surface area (Å²) in [7, 11) is 1.51. The van der Waals surface area contributed by atoms with Crippen LogP contribution in [0.5, 0.6) is 0 Å². The fourth-order valence-electron chi connectivity index (χ4n) is 8.53. The minimum atomic E-state index is -0.963. The molecule has 6 aliphatic heterocycles. The van der Waals surface area contributed by atoms with Crippen LogP contribution in [0.1, 0.15) is 58.0 Å². The van der Waals surface area contributed by atoms with Crippen LogP contribution < -0.4 is 5.32 Å². The second-order valence-corrected chi connectivity index (χ2v) is 15.5. The van der Waals surface area contributed by atoms with Gasteiger partial charge in [0.15, 0.2) is 24.2 Å². The maximum Gasteiger partial charge on any atom is 0.314 e. The van der Waals surface area contributed by atoms with Gasteiger partial charge < -0.3 is 57.7 Å². The maximum absolute atomic E-state index is 13.8. The normalized spacial score (nSPS) is 36.6. The molecule has 0 saturated carbocycles. The quantitative estimate of drug-likeness (QED) is 0.355. The van der Waals surface area contributed by atoms with Crippen molar-refractivity contribution in [1.82, 2.24) is 15.1 Å². The standard InChI is InChI=1S/C39H49N3O12/c1-38(2)49-20-24-28(52-38)31-32(54-39(3,4)53-31)33-41(34(44)35(45)42(24)33)18-12-17-26(43)40-27-30(47-19-22-13-8-6-9-14-22)29-25(50-37(27)46-5)21-48-36(51-29)23-15-10-7-11-16-23/h6-11,13-16,24-25,27-33,36-37H,12,17-21H2,1-5H3,(H,40,43)/t24-,25-,27+,28-,29-,30-,31+,32+,33+,36?,37+/m1/s1. The van der Waals surface area contributed by atoms with Crippen LogP contribution >= 0.6 is 0 Å². The zero-order valence-electron chi connectivity index (χ0n) is 31.2. The van der Waals surface area contributed by atoms with E-state index < -0.39 is 90.8 Å². The van der Waals surface area contributed by atoms with E-state index in [0.717, 1.165) is 11.1 Å². The number of fused-ring (bicyclic) bond motifs is 7. The molecule has 1 unspecified atom stereocenters. The number of carbonyl (C=O) groups excluding carboxylic acids is 3. The van der Waals surface area contributed by atoms with Crippen LogP contribution in [-0.4, -0.2) is 127 Å². The molecule has 6 heterocycles. The molecule has 2 aromatic carbocycles. The molecule has 54 heavy (non-hydrogen) atoms. The van der Waals surface area contributed by atoms with E-state index in [2.05, 4.69) is 5.32 Å². The fraction of sp³-hybridized carbons (Fsp3) is 0.615. The van der Waals surface area contributed by atoms with Crippen LogP contribution in [-0.2, 0) is 63.6 Å². The Morgan fingerprint density at radius 3 is 2.30 bits per heavy atom. The third-order valence-corrected chi connectivity index (χ3v) is 10.9. The van der Waals surface area contributed by atoms with Crippen LogP contribution in [0.4, 0.5) is 0 Å². The van der Waals surface area contributed by atoms with Gasteiger partial charge in [-0.25, -0.2) is 0 Å². The van der Waals surface area contributed by atoms with E-state index in [0.29, 0.717) is 0 Å². The average Bonchev–Trinajstić information content (AvgIpc) is 3.62. The molecule has 11 atom stereocenters. The molecular formula is C39H49N3O12. The van der Waals surface area contributed by atoms with Gasteiger partial charge in [-0.05, 0) is 39.7 Å². The first-order valence-electron chi connectivity index (χ1n) is 18.7. The summed E-state index contributed by atoms with van der Waals surface area (Å²) >= 11 is 0. The highest BCUT2D eigenvalue weighted by molar-refractivity contribution is 6.37. The molecule has 2 aromatic rings. The lowest BCUT2D eigenvalue weighted by molar-refractivity contribution is -0.346. The monoisotopic (exact) mass is 751 g/mol. The van der Waals surface area contributed by atoms with Crippen molar-refractivity contribution in [2.75, 3.05) is 26.9 Å². The van der Waals surface area contributed by atoms with E-state index in [-0.39, 0.29) is 45.1 Å². The molecular weight excluding hydrogens is 702 g/mol. The number of benzene rings is 2. The molecule has 0 aliphatic carbocycles. The van der Waals surface area contributed by atoms with Gasteiger partial charge in [0.05, 0.1) is 25.9 Å². The maximum atomic E-state index is 13.8. The van der Waals surface area contributed by atoms with Gasteiger partial charge in [-0.3, -0.25) is 14.4 Å². The van der Waals surface area contributed by atoms with Gasteiger partial charge in [0.2, 0.25) is 5.91 Å². The molecule has 6 saturated heterocycles. The Bertz CT molecular complexity index is 1680. The molecule has 15 nitrogen and oxygen atoms in total. The van der Waals surface area contributed by atoms with Crippen molar-refractivity contribution >= 4 is 17.7 Å². The molecule has 6 fully saturated rings. The Morgan fingerprint density at radius 2 is 1.56 bits per heavy atom. The van der Waals surface area contributed by atoms with E-state index in [1.54, 1.807) is 13.8 Å². The topological polar surface area (TPSA) is 153 Å². The predicted molar refractivity (Wildman–Crippen MR) is 187 cm³/mol. The number of nitrogens with one attached hydrogen (secondary N) is 1. The van der Waals surface area contributed by atoms with E-state index in [4.69, 9.17) is 42.6 Å². The highest BCUT2D eigenvalue weighted by atomic mass is 16.8. The molecule has 8 rings (SSSR count). The molecule has 0 spiro atoms. The summed E-state index contributed by atoms with van der Waals surface area (Å²) in [5.74, 6) is -3.48. The lowest BCUT2D eigenvalue weighted by atomic mass is 9.90. The first-order valence-corrected chi connectivity index (χ1v) is 18.7. The van der Waals surface area contributed by atoms with Crippen LogP contribution in [0.3, 0.4) is 0 Å². The highest BCUT2D eigenvalue weighted by Gasteiger charge is 2.66. The lowest BCUT2D eigenvalue weighted by Gasteiger charge is -2.52. The number of carbonyl (C=O) groups is 3. The van der Waals surface area contributed by atoms with Crippen molar-refractivity contribution in [2.24, 2.45) is 0 Å². The number of ether oxygens (including phenoxy) is 9. The smallest absolute Gasteiger partial charge is 0.314 e. The number of piperidine rings is 1. The van der Waals surface area contributed by atoms with Gasteiger partial charge in [-0.2, -0.15) is 0 Å². The van der Waals surface area contributed by atoms with E-state index in [9.17, 15) is 14.4 Å². The van der Waals surface area contributed by atoms with Crippen LogP contribution in [0.15, 0.2) is 60.7 Å². The molecule has 3 amide bonds. The third-order valence-electron chi connectivity index (χ3n) is 10.9. The number of hydrogen-bond donors (Lipinski definition) is 1. The Balaban J connectivity index is 0.968. The zero-order valence-corrected chi connectivity index (χ0v) is 31.2. The summed E-state index contributed by atoms with van der Waals surface area (Å²) in [5.41, 5.74) is 1.81. The van der Waals surface area contributed by atoms with Crippen molar-refractivity contribution in [3.05, 3.63) is 71.8 Å². The number of amides is 3. The van der Waals surface area contributed by atoms with Gasteiger partial charge in [0, 0.05) is 25.6 Å². The van der Waals surface area contributed by atoms with E-state index >= 15 is 0 Å². The Labute approximate surface area is 314 Å². The fourth-order valence-corrected chi connectivity index (χ4v) is 8.53. The third kappa shape index (κ3) is 7.17. The minimum absolute atomic E-state index is 0.0388. The van der Waals surface area contributed by atoms with Gasteiger partial charge >= 0.3 is 11.8 Å². The van der Waals surface area contributed by atoms with Gasteiger partial charge in [0.1, 0.15) is 48.8 Å². The molecule has 15 heteroatoms. The van der Waals surface area contributed by atoms with Crippen LogP contribution in [0, 0.1) is 0 Å². The summed E-state index contributed by atoms with van der Waals surface area (Å²) < 4.78 is 56.0. The van der Waals surface area contributed by atoms with Gasteiger partial charge in [0.25, 0.3) is 0 Å². The van der Waals surface area contributed by atoms with E-state index in [1.807, 2.05) is 74.5 Å². The van der Waals surface area contributed by atoms with E-state index in [1.165, 1.54) is 16.9 Å². The number of hydrogen-bond acceptors (Lipinski definition) is 12. The average molecular weight is 752 g/mol. The second kappa shape index (κ2) is 14.9. The minimum Gasteiger partial charge on any atom is -0.368 e. The number of methoxy groups -OCH3 is 1. The molecule has 6 aliphatic rings. The van der Waals surface area contributed by atoms with Crippen molar-refractivity contribution in [2.45, 2.75) is 126 Å². The summed E-state index contributed by atoms with van der Waals surface area (Å²) in [4.78, 5) is 43.9. The summed E-state index contributed by atoms with van der Waals surface area (Å²) in [6.07, 6.45) is -5.47. The van der Waals surface area contributed by atoms with Crippen molar-refractivity contribution in [1.29, 1.82) is 0 Å². The summed E-state index contributed by atoms with van der Waals surface area (Å²) in [6, 6.07) is 18.1. The Morgan fingerprint density at radius 1 is 0.852 bits per heavy atom. The SMILES string of the molecule is CO[C@H]1O[C@@H]2COC(c3ccccc3)O[C@H]2[C@H](OCc2ccccc2)[C@@H]1NC(=O)CCCN1C(=O)C(=O)N2[C@@H]3COC(C)(C)O[C@H]3[C@@H]3OC(C)(C)O[C@@H]3[C@@H]12. The highest BCUT2D eigenvalue weighted by Crippen LogP contribution is 2.46. The van der Waals surface area contributed by atoms with Crippen molar-refractivity contribution in [3.8, 4) is 0 Å². The summed E-state index contributed by atoms with van der Waals surface area (Å²) in [5, 5.41) is 3.09. The number of rotatable bonds is 10. The second-order valence-electron chi connectivity index (χ2n) is 15.5. The van der Waals surface area contributed by atoms with Crippen molar-refractivity contribution in [3.63, 3.8) is 0 Å². The zero-order chi connectivity index (χ0) is 37.8. The first-order chi connectivity index (χ1) is 25.9. The Hall–Kier alpha value is -3.51. The summed E-state index contributed by atoms with van der Waals surface area (Å²) in [6.45, 7) is 8.03. The number of nitrogens with zero attached hydrogens (tertiary/aromatic N) is 2. The van der Waals surface area contributed by atoms with Crippen molar-refractivity contribution < 1.29 is 57.0 Å². The Kier molecular flexibility index (Phi) is 10.3. The molecule has 0 radical (unpaired) electrons. The van der Waals surface area contributed by atoms with Gasteiger partial charge in [-0.1, -0.05) is 60.7 Å². The molecule has 0 bridgehead atoms. The lowest BCUT2D eigenvalue weighted by Crippen LogP contribution is -2.71. The largest absolute Gasteiger partial charge is 0.368 e. The first kappa shape index (κ1) is 37.4. The molecule has 0 aromatic heterocycles. The molecule has 292 valence electrons. The van der Waals surface area contributed by atoms with Crippen LogP contribution in [0.25, 0.3) is 0 Å². The van der Waals surface area contributed by atoms with Crippen LogP contribution in [0.2, 0.25) is 0 Å².